The fourth-order valence-corrected chi connectivity index (χ4v) is 3.75. The van der Waals surface area contributed by atoms with Gasteiger partial charge in [0.2, 0.25) is 5.91 Å². The van der Waals surface area contributed by atoms with E-state index in [1.165, 1.54) is 23.1 Å². The smallest absolute Gasteiger partial charge is 0.379 e. The van der Waals surface area contributed by atoms with Crippen LogP contribution in [0.25, 0.3) is 5.69 Å². The van der Waals surface area contributed by atoms with E-state index in [-0.39, 0.29) is 24.9 Å². The number of nitrogens with one attached hydrogen (secondary N) is 1. The molecule has 0 bridgehead atoms. The van der Waals surface area contributed by atoms with Crippen molar-refractivity contribution in [1.82, 2.24) is 30.4 Å². The Balaban J connectivity index is 1.40. The highest BCUT2D eigenvalue weighted by atomic mass is 19.4. The van der Waals surface area contributed by atoms with Crippen LogP contribution in [0, 0.1) is 0 Å². The van der Waals surface area contributed by atoms with Crippen LogP contribution in [0.3, 0.4) is 0 Å². The first kappa shape index (κ1) is 22.9. The lowest BCUT2D eigenvalue weighted by atomic mass is 10.0. The highest BCUT2D eigenvalue weighted by Crippen LogP contribution is 2.31. The summed E-state index contributed by atoms with van der Waals surface area (Å²) in [5, 5.41) is 13.9. The van der Waals surface area contributed by atoms with Crippen molar-refractivity contribution < 1.29 is 22.7 Å². The topological polar surface area (TPSA) is 85.2 Å². The molecular weight excluding hydrogens is 437 g/mol. The third kappa shape index (κ3) is 5.93. The SMILES string of the molecule is O=C(Cc1ccc(-n2cnnn2)cc1)NCC(c1ccc(C(F)(F)F)cc1)N1CCOCC1. The Labute approximate surface area is 188 Å². The Morgan fingerprint density at radius 1 is 1.06 bits per heavy atom. The lowest BCUT2D eigenvalue weighted by Crippen LogP contribution is -2.44. The van der Waals surface area contributed by atoms with Gasteiger partial charge in [0.05, 0.1) is 36.9 Å². The number of aromatic nitrogens is 4. The monoisotopic (exact) mass is 460 g/mol. The van der Waals surface area contributed by atoms with Gasteiger partial charge in [-0.3, -0.25) is 9.69 Å². The second-order valence-corrected chi connectivity index (χ2v) is 7.69. The second-order valence-electron chi connectivity index (χ2n) is 7.69. The molecule has 2 heterocycles. The van der Waals surface area contributed by atoms with Crippen molar-refractivity contribution in [3.8, 4) is 5.69 Å². The summed E-state index contributed by atoms with van der Waals surface area (Å²) in [5.74, 6) is -0.171. The number of halogens is 3. The Bertz CT molecular complexity index is 1030. The number of hydrogen-bond acceptors (Lipinski definition) is 6. The number of hydrogen-bond donors (Lipinski definition) is 1. The van der Waals surface area contributed by atoms with Gasteiger partial charge in [-0.25, -0.2) is 4.68 Å². The molecule has 2 aromatic carbocycles. The molecule has 1 atom stereocenters. The molecule has 3 aromatic rings. The van der Waals surface area contributed by atoms with Crippen LogP contribution >= 0.6 is 0 Å². The molecule has 8 nitrogen and oxygen atoms in total. The third-order valence-corrected chi connectivity index (χ3v) is 5.52. The number of ether oxygens (including phenoxy) is 1. The molecule has 0 aliphatic carbocycles. The van der Waals surface area contributed by atoms with Gasteiger partial charge in [0, 0.05) is 19.6 Å². The zero-order valence-corrected chi connectivity index (χ0v) is 17.7. The van der Waals surface area contributed by atoms with Crippen molar-refractivity contribution in [3.05, 3.63) is 71.5 Å². The minimum atomic E-state index is -4.39. The number of amides is 1. The van der Waals surface area contributed by atoms with Crippen LogP contribution in [-0.4, -0.2) is 63.9 Å². The number of carbonyl (C=O) groups is 1. The van der Waals surface area contributed by atoms with Crippen molar-refractivity contribution in [2.75, 3.05) is 32.8 Å². The molecule has 11 heteroatoms. The van der Waals surface area contributed by atoms with Gasteiger partial charge in [0.15, 0.2) is 0 Å². The molecule has 0 radical (unpaired) electrons. The molecule has 4 rings (SSSR count). The van der Waals surface area contributed by atoms with E-state index in [9.17, 15) is 18.0 Å². The maximum Gasteiger partial charge on any atom is 0.416 e. The first-order chi connectivity index (χ1) is 15.9. The average Bonchev–Trinajstić information content (AvgIpc) is 3.35. The van der Waals surface area contributed by atoms with E-state index in [0.717, 1.165) is 28.9 Å². The molecule has 174 valence electrons. The van der Waals surface area contributed by atoms with E-state index in [1.54, 1.807) is 0 Å². The molecule has 1 unspecified atom stereocenters. The molecule has 1 fully saturated rings. The summed E-state index contributed by atoms with van der Waals surface area (Å²) in [4.78, 5) is 14.7. The van der Waals surface area contributed by atoms with Crippen molar-refractivity contribution in [1.29, 1.82) is 0 Å². The van der Waals surface area contributed by atoms with Gasteiger partial charge in [-0.2, -0.15) is 13.2 Å². The molecule has 1 saturated heterocycles. The predicted octanol–water partition coefficient (Wildman–Crippen LogP) is 2.41. The molecule has 1 amide bonds. The summed E-state index contributed by atoms with van der Waals surface area (Å²) in [6, 6.07) is 12.2. The highest BCUT2D eigenvalue weighted by Gasteiger charge is 2.31. The minimum absolute atomic E-state index is 0.171. The molecule has 0 spiro atoms. The zero-order chi connectivity index (χ0) is 23.3. The number of benzene rings is 2. The summed E-state index contributed by atoms with van der Waals surface area (Å²) in [7, 11) is 0. The predicted molar refractivity (Wildman–Crippen MR) is 112 cm³/mol. The van der Waals surface area contributed by atoms with Gasteiger partial charge in [0.1, 0.15) is 6.33 Å². The summed E-state index contributed by atoms with van der Waals surface area (Å²) in [6.45, 7) is 2.64. The normalized spacial score (nSPS) is 15.8. The largest absolute Gasteiger partial charge is 0.416 e. The number of alkyl halides is 3. The van der Waals surface area contributed by atoms with Crippen LogP contribution < -0.4 is 5.32 Å². The third-order valence-electron chi connectivity index (χ3n) is 5.52. The minimum Gasteiger partial charge on any atom is -0.379 e. The second kappa shape index (κ2) is 10.1. The quantitative estimate of drug-likeness (QED) is 0.583. The van der Waals surface area contributed by atoms with E-state index in [4.69, 9.17) is 4.74 Å². The molecule has 1 N–H and O–H groups in total. The number of carbonyl (C=O) groups excluding carboxylic acids is 1. The van der Waals surface area contributed by atoms with Crippen LogP contribution in [0.15, 0.2) is 54.9 Å². The highest BCUT2D eigenvalue weighted by molar-refractivity contribution is 5.78. The van der Waals surface area contributed by atoms with Crippen molar-refractivity contribution in [2.24, 2.45) is 0 Å². The fraction of sp³-hybridized carbons (Fsp3) is 0.364. The van der Waals surface area contributed by atoms with Gasteiger partial charge in [0.25, 0.3) is 0 Å². The lowest BCUT2D eigenvalue weighted by molar-refractivity contribution is -0.137. The Hall–Kier alpha value is -3.31. The summed E-state index contributed by atoms with van der Waals surface area (Å²) < 4.78 is 45.8. The molecule has 1 aliphatic heterocycles. The first-order valence-corrected chi connectivity index (χ1v) is 10.5. The molecule has 33 heavy (non-hydrogen) atoms. The van der Waals surface area contributed by atoms with Crippen molar-refractivity contribution >= 4 is 5.91 Å². The lowest BCUT2D eigenvalue weighted by Gasteiger charge is -2.35. The van der Waals surface area contributed by atoms with E-state index < -0.39 is 11.7 Å². The Kier molecular flexibility index (Phi) is 6.99. The van der Waals surface area contributed by atoms with E-state index in [2.05, 4.69) is 25.7 Å². The van der Waals surface area contributed by atoms with Crippen LogP contribution in [0.4, 0.5) is 13.2 Å². The van der Waals surface area contributed by atoms with E-state index >= 15 is 0 Å². The van der Waals surface area contributed by atoms with E-state index in [0.29, 0.717) is 26.3 Å². The zero-order valence-electron chi connectivity index (χ0n) is 17.7. The fourth-order valence-electron chi connectivity index (χ4n) is 3.75. The summed E-state index contributed by atoms with van der Waals surface area (Å²) in [6.07, 6.45) is -2.73. The number of morpholine rings is 1. The maximum absolute atomic E-state index is 12.9. The van der Waals surface area contributed by atoms with E-state index in [1.807, 2.05) is 24.3 Å². The standard InChI is InChI=1S/C22H23F3N6O2/c23-22(24,25)18-5-3-17(4-6-18)20(30-9-11-33-12-10-30)14-26-21(32)13-16-1-7-19(8-2-16)31-15-27-28-29-31/h1-8,15,20H,9-14H2,(H,26,32). The van der Waals surface area contributed by atoms with Crippen molar-refractivity contribution in [2.45, 2.75) is 18.6 Å². The van der Waals surface area contributed by atoms with Gasteiger partial charge >= 0.3 is 6.18 Å². The van der Waals surface area contributed by atoms with Crippen LogP contribution in [0.1, 0.15) is 22.7 Å². The number of tetrazole rings is 1. The molecule has 1 aromatic heterocycles. The Morgan fingerprint density at radius 3 is 2.36 bits per heavy atom. The molecule has 0 saturated carbocycles. The van der Waals surface area contributed by atoms with Crippen LogP contribution in [0.5, 0.6) is 0 Å². The van der Waals surface area contributed by atoms with Crippen LogP contribution in [0.2, 0.25) is 0 Å². The average molecular weight is 460 g/mol. The van der Waals surface area contributed by atoms with Gasteiger partial charge in [-0.15, -0.1) is 5.10 Å². The summed E-state index contributed by atoms with van der Waals surface area (Å²) >= 11 is 0. The van der Waals surface area contributed by atoms with Crippen LogP contribution in [-0.2, 0) is 22.1 Å². The maximum atomic E-state index is 12.9. The first-order valence-electron chi connectivity index (χ1n) is 10.5. The van der Waals surface area contributed by atoms with Gasteiger partial charge < -0.3 is 10.1 Å². The summed E-state index contributed by atoms with van der Waals surface area (Å²) in [5.41, 5.74) is 1.62. The Morgan fingerprint density at radius 2 is 1.76 bits per heavy atom. The van der Waals surface area contributed by atoms with Crippen molar-refractivity contribution in [3.63, 3.8) is 0 Å². The number of nitrogens with zero attached hydrogens (tertiary/aromatic N) is 5. The molecule has 1 aliphatic rings. The van der Waals surface area contributed by atoms with Gasteiger partial charge in [-0.05, 0) is 45.8 Å². The number of rotatable bonds is 7. The van der Waals surface area contributed by atoms with Gasteiger partial charge in [-0.1, -0.05) is 24.3 Å². The molecular formula is C22H23F3N6O2.